The molecule has 8 nitrogen and oxygen atoms in total. The summed E-state index contributed by atoms with van der Waals surface area (Å²) < 4.78 is 5.60. The van der Waals surface area contributed by atoms with Gasteiger partial charge in [0, 0.05) is 12.5 Å². The molecule has 178 valence electrons. The maximum atomic E-state index is 12.9. The van der Waals surface area contributed by atoms with Crippen molar-refractivity contribution in [3.05, 3.63) is 0 Å². The molecule has 0 aromatic carbocycles. The van der Waals surface area contributed by atoms with E-state index >= 15 is 0 Å². The molecule has 0 spiro atoms. The number of hydrogen-bond acceptors (Lipinski definition) is 5. The molecule has 0 aromatic rings. The minimum absolute atomic E-state index is 0.0414. The van der Waals surface area contributed by atoms with Gasteiger partial charge >= 0.3 is 6.09 Å². The lowest BCUT2D eigenvalue weighted by Crippen LogP contribution is -2.52. The first kappa shape index (κ1) is 25.4. The number of nitrogens with one attached hydrogen (secondary N) is 3. The molecular formula is C23H41N3O5. The number of amides is 3. The summed E-state index contributed by atoms with van der Waals surface area (Å²) in [5.41, 5.74) is 0. The second kappa shape index (κ2) is 12.3. The molecule has 3 atom stereocenters. The van der Waals surface area contributed by atoms with E-state index in [-0.39, 0.29) is 36.4 Å². The first-order valence-corrected chi connectivity index (χ1v) is 11.9. The molecule has 4 N–H and O–H groups in total. The normalized spacial score (nSPS) is 25.8. The molecule has 2 aliphatic rings. The smallest absolute Gasteiger partial charge is 0.408 e. The van der Waals surface area contributed by atoms with Gasteiger partial charge in [0.1, 0.15) is 12.1 Å². The van der Waals surface area contributed by atoms with Crippen LogP contribution < -0.4 is 16.0 Å². The van der Waals surface area contributed by atoms with Crippen LogP contribution in [0.1, 0.15) is 72.6 Å². The van der Waals surface area contributed by atoms with Crippen LogP contribution in [0.3, 0.4) is 0 Å². The minimum atomic E-state index is -0.744. The number of ether oxygens (including phenoxy) is 1. The fourth-order valence-corrected chi connectivity index (χ4v) is 4.60. The van der Waals surface area contributed by atoms with E-state index in [1.165, 1.54) is 0 Å². The molecule has 2 fully saturated rings. The predicted octanol–water partition coefficient (Wildman–Crippen LogP) is 2.35. The summed E-state index contributed by atoms with van der Waals surface area (Å²) >= 11 is 0. The number of aliphatic hydroxyl groups is 1. The van der Waals surface area contributed by atoms with Crippen molar-refractivity contribution in [2.75, 3.05) is 13.2 Å². The monoisotopic (exact) mass is 439 g/mol. The molecule has 2 unspecified atom stereocenters. The van der Waals surface area contributed by atoms with Crippen molar-refractivity contribution in [2.24, 2.45) is 23.7 Å². The summed E-state index contributed by atoms with van der Waals surface area (Å²) in [7, 11) is 0. The van der Waals surface area contributed by atoms with Crippen molar-refractivity contribution in [2.45, 2.75) is 90.8 Å². The molecule has 3 amide bonds. The van der Waals surface area contributed by atoms with Gasteiger partial charge in [-0.3, -0.25) is 9.59 Å². The number of carbonyl (C=O) groups excluding carboxylic acids is 3. The zero-order valence-corrected chi connectivity index (χ0v) is 19.5. The van der Waals surface area contributed by atoms with Gasteiger partial charge in [0.2, 0.25) is 11.8 Å². The molecule has 1 aliphatic carbocycles. The van der Waals surface area contributed by atoms with Gasteiger partial charge in [0.25, 0.3) is 0 Å². The molecule has 0 aromatic heterocycles. The molecule has 8 heteroatoms. The second-order valence-corrected chi connectivity index (χ2v) is 9.91. The Kier molecular flexibility index (Phi) is 10.1. The van der Waals surface area contributed by atoms with Gasteiger partial charge in [-0.15, -0.1) is 0 Å². The van der Waals surface area contributed by atoms with Crippen molar-refractivity contribution in [1.29, 1.82) is 0 Å². The summed E-state index contributed by atoms with van der Waals surface area (Å²) in [4.78, 5) is 37.1. The van der Waals surface area contributed by atoms with E-state index < -0.39 is 18.2 Å². The Morgan fingerprint density at radius 1 is 1.10 bits per heavy atom. The molecule has 1 aliphatic heterocycles. The Hall–Kier alpha value is -1.83. The topological polar surface area (TPSA) is 117 Å². The Morgan fingerprint density at radius 3 is 2.29 bits per heavy atom. The van der Waals surface area contributed by atoms with Crippen LogP contribution in [-0.4, -0.2) is 54.4 Å². The van der Waals surface area contributed by atoms with E-state index in [1.54, 1.807) is 0 Å². The summed E-state index contributed by atoms with van der Waals surface area (Å²) in [5, 5.41) is 18.0. The average Bonchev–Trinajstić information content (AvgIpc) is 3.11. The van der Waals surface area contributed by atoms with E-state index in [9.17, 15) is 19.5 Å². The van der Waals surface area contributed by atoms with Gasteiger partial charge < -0.3 is 25.8 Å². The highest BCUT2D eigenvalue weighted by atomic mass is 16.6. The minimum Gasteiger partial charge on any atom is -0.446 e. The van der Waals surface area contributed by atoms with Crippen LogP contribution in [0.25, 0.3) is 0 Å². The third-order valence-electron chi connectivity index (χ3n) is 6.55. The highest BCUT2D eigenvalue weighted by Gasteiger charge is 2.31. The Labute approximate surface area is 186 Å². The number of alkyl carbamates (subject to hydrolysis) is 1. The van der Waals surface area contributed by atoms with E-state index in [0.717, 1.165) is 25.7 Å². The lowest BCUT2D eigenvalue weighted by molar-refractivity contribution is -0.126. The molecule has 31 heavy (non-hydrogen) atoms. The summed E-state index contributed by atoms with van der Waals surface area (Å²) in [6, 6.07) is -1.27. The maximum absolute atomic E-state index is 12.9. The highest BCUT2D eigenvalue weighted by Crippen LogP contribution is 2.31. The third-order valence-corrected chi connectivity index (χ3v) is 6.55. The number of carbonyl (C=O) groups is 3. The quantitative estimate of drug-likeness (QED) is 0.417. The fraction of sp³-hybridized carbons (Fsp3) is 0.870. The Balaban J connectivity index is 1.87. The molecule has 0 radical (unpaired) electrons. The zero-order chi connectivity index (χ0) is 23.0. The second-order valence-electron chi connectivity index (χ2n) is 9.91. The van der Waals surface area contributed by atoms with Crippen LogP contribution in [0.2, 0.25) is 0 Å². The first-order valence-electron chi connectivity index (χ1n) is 11.9. The SMILES string of the molecule is CC(C)CC(NC(=O)OC1CCC(C(C)C)CC1)C(=O)NC(CO)C[C@@H]1CCNC1=O. The van der Waals surface area contributed by atoms with Gasteiger partial charge in [-0.2, -0.15) is 0 Å². The molecule has 1 heterocycles. The number of rotatable bonds is 10. The molecule has 2 rings (SSSR count). The van der Waals surface area contributed by atoms with Crippen LogP contribution >= 0.6 is 0 Å². The molecular weight excluding hydrogens is 398 g/mol. The van der Waals surface area contributed by atoms with Crippen molar-refractivity contribution < 1.29 is 24.2 Å². The van der Waals surface area contributed by atoms with Gasteiger partial charge in [-0.1, -0.05) is 27.7 Å². The molecule has 0 bridgehead atoms. The fourth-order valence-electron chi connectivity index (χ4n) is 4.60. The Bertz CT molecular complexity index is 602. The largest absolute Gasteiger partial charge is 0.446 e. The number of aliphatic hydroxyl groups excluding tert-OH is 1. The lowest BCUT2D eigenvalue weighted by atomic mass is 9.80. The van der Waals surface area contributed by atoms with Gasteiger partial charge in [-0.05, 0) is 62.7 Å². The average molecular weight is 440 g/mol. The zero-order valence-electron chi connectivity index (χ0n) is 19.5. The molecule has 1 saturated heterocycles. The van der Waals surface area contributed by atoms with E-state index in [1.807, 2.05) is 13.8 Å². The van der Waals surface area contributed by atoms with Gasteiger partial charge in [0.15, 0.2) is 0 Å². The summed E-state index contributed by atoms with van der Waals surface area (Å²) in [5.74, 6) is 0.904. The predicted molar refractivity (Wildman–Crippen MR) is 118 cm³/mol. The summed E-state index contributed by atoms with van der Waals surface area (Å²) in [6.45, 7) is 8.78. The summed E-state index contributed by atoms with van der Waals surface area (Å²) in [6.07, 6.45) is 4.69. The third kappa shape index (κ3) is 8.31. The van der Waals surface area contributed by atoms with Crippen LogP contribution in [0.15, 0.2) is 0 Å². The number of hydrogen-bond donors (Lipinski definition) is 4. The van der Waals surface area contributed by atoms with E-state index in [0.29, 0.717) is 37.6 Å². The van der Waals surface area contributed by atoms with Crippen molar-refractivity contribution in [3.63, 3.8) is 0 Å². The van der Waals surface area contributed by atoms with Crippen LogP contribution in [0.4, 0.5) is 4.79 Å². The van der Waals surface area contributed by atoms with Gasteiger partial charge in [-0.25, -0.2) is 4.79 Å². The first-order chi connectivity index (χ1) is 14.7. The van der Waals surface area contributed by atoms with Crippen LogP contribution in [-0.2, 0) is 14.3 Å². The van der Waals surface area contributed by atoms with Crippen molar-refractivity contribution in [1.82, 2.24) is 16.0 Å². The van der Waals surface area contributed by atoms with E-state index in [4.69, 9.17) is 4.74 Å². The van der Waals surface area contributed by atoms with Crippen LogP contribution in [0.5, 0.6) is 0 Å². The Morgan fingerprint density at radius 2 is 1.77 bits per heavy atom. The lowest BCUT2D eigenvalue weighted by Gasteiger charge is -2.31. The molecule has 1 saturated carbocycles. The maximum Gasteiger partial charge on any atom is 0.408 e. The van der Waals surface area contributed by atoms with Crippen molar-refractivity contribution >= 4 is 17.9 Å². The van der Waals surface area contributed by atoms with Crippen LogP contribution in [0, 0.1) is 23.7 Å². The van der Waals surface area contributed by atoms with Crippen molar-refractivity contribution in [3.8, 4) is 0 Å². The standard InChI is InChI=1S/C23H41N3O5/c1-14(2)11-20(22(29)25-18(13-27)12-17-9-10-24-21(17)28)26-23(30)31-19-7-5-16(6-8-19)15(3)4/h14-20,27H,5-13H2,1-4H3,(H,24,28)(H,25,29)(H,26,30)/t16?,17-,18?,19?,20?/m0/s1. The van der Waals surface area contributed by atoms with E-state index in [2.05, 4.69) is 29.8 Å². The van der Waals surface area contributed by atoms with Gasteiger partial charge in [0.05, 0.1) is 12.6 Å². The highest BCUT2D eigenvalue weighted by molar-refractivity contribution is 5.86.